The number of methoxy groups -OCH3 is 1. The zero-order valence-corrected chi connectivity index (χ0v) is 19.7. The molecule has 1 unspecified atom stereocenters. The first-order valence-electron chi connectivity index (χ1n) is 11.3. The number of Topliss-reactive ketones (excluding diaryl/α,β-unsaturated/α-hetero) is 1. The van der Waals surface area contributed by atoms with Crippen LogP contribution in [0.3, 0.4) is 0 Å². The van der Waals surface area contributed by atoms with Gasteiger partial charge in [-0.3, -0.25) is 9.59 Å². The number of likely N-dealkylation sites (tertiary alicyclic amines) is 1. The lowest BCUT2D eigenvalue weighted by Crippen LogP contribution is -2.38. The number of amides is 1. The third-order valence-corrected chi connectivity index (χ3v) is 5.96. The summed E-state index contributed by atoms with van der Waals surface area (Å²) in [5, 5.41) is 11.2. The minimum atomic E-state index is -0.747. The number of ether oxygens (including phenoxy) is 2. The summed E-state index contributed by atoms with van der Waals surface area (Å²) in [6.45, 7) is 9.18. The van der Waals surface area contributed by atoms with Gasteiger partial charge in [-0.2, -0.15) is 0 Å². The van der Waals surface area contributed by atoms with E-state index in [0.29, 0.717) is 42.3 Å². The van der Waals surface area contributed by atoms with E-state index in [-0.39, 0.29) is 11.3 Å². The summed E-state index contributed by atoms with van der Waals surface area (Å²) in [4.78, 5) is 30.0. The van der Waals surface area contributed by atoms with Gasteiger partial charge in [0, 0.05) is 24.2 Å². The van der Waals surface area contributed by atoms with Crippen LogP contribution in [0.5, 0.6) is 11.5 Å². The summed E-state index contributed by atoms with van der Waals surface area (Å²) >= 11 is 0. The number of carbonyl (C=O) groups excluding carboxylic acids is 2. The Morgan fingerprint density at radius 3 is 2.30 bits per heavy atom. The van der Waals surface area contributed by atoms with Crippen molar-refractivity contribution in [2.75, 3.05) is 39.9 Å². The highest BCUT2D eigenvalue weighted by atomic mass is 16.5. The van der Waals surface area contributed by atoms with Crippen LogP contribution in [0.1, 0.15) is 37.9 Å². The molecule has 1 amide bonds. The Morgan fingerprint density at radius 2 is 1.70 bits per heavy atom. The Morgan fingerprint density at radius 1 is 1.03 bits per heavy atom. The highest BCUT2D eigenvalue weighted by molar-refractivity contribution is 6.46. The average Bonchev–Trinajstić information content (AvgIpc) is 3.09. The molecule has 33 heavy (non-hydrogen) atoms. The van der Waals surface area contributed by atoms with E-state index >= 15 is 0 Å². The van der Waals surface area contributed by atoms with Crippen LogP contribution in [-0.4, -0.2) is 66.5 Å². The minimum absolute atomic E-state index is 0.0632. The predicted octanol–water partition coefficient (Wildman–Crippen LogP) is 3.86. The molecular formula is C26H32N2O5. The molecule has 0 spiro atoms. The molecule has 0 bridgehead atoms. The Labute approximate surface area is 195 Å². The van der Waals surface area contributed by atoms with Crippen molar-refractivity contribution in [3.63, 3.8) is 0 Å². The Balaban J connectivity index is 2.10. The normalized spacial score (nSPS) is 17.6. The van der Waals surface area contributed by atoms with Crippen molar-refractivity contribution in [3.05, 3.63) is 65.2 Å². The number of para-hydroxylation sites is 1. The molecule has 176 valence electrons. The van der Waals surface area contributed by atoms with E-state index in [1.807, 2.05) is 25.1 Å². The van der Waals surface area contributed by atoms with Gasteiger partial charge in [-0.05, 0) is 50.3 Å². The van der Waals surface area contributed by atoms with Crippen LogP contribution < -0.4 is 9.47 Å². The number of nitrogens with zero attached hydrogens (tertiary/aromatic N) is 2. The van der Waals surface area contributed by atoms with Crippen LogP contribution in [0.2, 0.25) is 0 Å². The molecular weight excluding hydrogens is 420 g/mol. The molecule has 1 aliphatic rings. The lowest BCUT2D eigenvalue weighted by atomic mass is 9.94. The molecule has 0 radical (unpaired) electrons. The average molecular weight is 453 g/mol. The Bertz CT molecular complexity index is 1010. The summed E-state index contributed by atoms with van der Waals surface area (Å²) in [6.07, 6.45) is 0. The number of aliphatic hydroxyl groups excluding tert-OH is 1. The number of hydrogen-bond donors (Lipinski definition) is 1. The number of ketones is 1. The van der Waals surface area contributed by atoms with Crippen LogP contribution in [0.25, 0.3) is 5.76 Å². The maximum absolute atomic E-state index is 13.2. The fraction of sp³-hybridized carbons (Fsp3) is 0.385. The van der Waals surface area contributed by atoms with E-state index < -0.39 is 17.7 Å². The lowest BCUT2D eigenvalue weighted by molar-refractivity contribution is -0.140. The number of likely N-dealkylation sites (N-methyl/N-ethyl adjacent to an activating group) is 1. The van der Waals surface area contributed by atoms with Gasteiger partial charge in [0.05, 0.1) is 25.3 Å². The molecule has 2 aromatic carbocycles. The Kier molecular flexibility index (Phi) is 8.11. The fourth-order valence-electron chi connectivity index (χ4n) is 4.15. The second-order valence-electron chi connectivity index (χ2n) is 7.72. The summed E-state index contributed by atoms with van der Waals surface area (Å²) in [5.41, 5.74) is 1.17. The summed E-state index contributed by atoms with van der Waals surface area (Å²) in [6, 6.07) is 13.4. The van der Waals surface area contributed by atoms with E-state index in [2.05, 4.69) is 18.7 Å². The summed E-state index contributed by atoms with van der Waals surface area (Å²) in [7, 11) is 1.55. The monoisotopic (exact) mass is 452 g/mol. The van der Waals surface area contributed by atoms with E-state index in [0.717, 1.165) is 13.1 Å². The van der Waals surface area contributed by atoms with Gasteiger partial charge in [0.1, 0.15) is 17.3 Å². The Hall–Kier alpha value is -3.32. The highest BCUT2D eigenvalue weighted by Crippen LogP contribution is 2.42. The number of rotatable bonds is 10. The molecule has 1 aliphatic heterocycles. The van der Waals surface area contributed by atoms with Gasteiger partial charge in [0.15, 0.2) is 0 Å². The van der Waals surface area contributed by atoms with Gasteiger partial charge in [0.2, 0.25) is 0 Å². The van der Waals surface area contributed by atoms with Crippen LogP contribution >= 0.6 is 0 Å². The lowest BCUT2D eigenvalue weighted by Gasteiger charge is -2.29. The van der Waals surface area contributed by atoms with Crippen molar-refractivity contribution in [2.45, 2.75) is 26.8 Å². The van der Waals surface area contributed by atoms with E-state index in [1.165, 1.54) is 0 Å². The molecule has 0 aromatic heterocycles. The van der Waals surface area contributed by atoms with Gasteiger partial charge in [0.25, 0.3) is 11.7 Å². The van der Waals surface area contributed by atoms with E-state index in [4.69, 9.17) is 9.47 Å². The second kappa shape index (κ2) is 11.0. The summed E-state index contributed by atoms with van der Waals surface area (Å²) in [5.74, 6) is -0.315. The van der Waals surface area contributed by atoms with Crippen molar-refractivity contribution >= 4 is 17.4 Å². The SMILES string of the molecule is CCOc1ccc(/C(O)=C2/C(=O)C(=O)N(CCN(CC)CC)C2c2ccccc2OC)cc1. The molecule has 1 saturated heterocycles. The quantitative estimate of drug-likeness (QED) is 0.335. The van der Waals surface area contributed by atoms with Gasteiger partial charge in [-0.15, -0.1) is 0 Å². The van der Waals surface area contributed by atoms with Crippen molar-refractivity contribution in [2.24, 2.45) is 0 Å². The first kappa shape index (κ1) is 24.3. The molecule has 0 saturated carbocycles. The predicted molar refractivity (Wildman–Crippen MR) is 127 cm³/mol. The molecule has 3 rings (SSSR count). The first-order valence-corrected chi connectivity index (χ1v) is 11.3. The largest absolute Gasteiger partial charge is 0.507 e. The number of hydrogen-bond acceptors (Lipinski definition) is 6. The molecule has 1 fully saturated rings. The van der Waals surface area contributed by atoms with Gasteiger partial charge >= 0.3 is 0 Å². The van der Waals surface area contributed by atoms with Gasteiger partial charge in [-0.25, -0.2) is 0 Å². The smallest absolute Gasteiger partial charge is 0.295 e. The van der Waals surface area contributed by atoms with Crippen molar-refractivity contribution in [1.82, 2.24) is 9.80 Å². The maximum atomic E-state index is 13.2. The van der Waals surface area contributed by atoms with E-state index in [1.54, 1.807) is 42.3 Å². The zero-order chi connectivity index (χ0) is 24.0. The van der Waals surface area contributed by atoms with Crippen LogP contribution in [0.15, 0.2) is 54.1 Å². The fourth-order valence-corrected chi connectivity index (χ4v) is 4.15. The standard InChI is InChI=1S/C26H32N2O5/c1-5-27(6-2)16-17-28-23(20-10-8-9-11-21(20)32-4)22(25(30)26(28)31)24(29)18-12-14-19(15-13-18)33-7-3/h8-15,23,29H,5-7,16-17H2,1-4H3/b24-22-. The first-order chi connectivity index (χ1) is 16.0. The molecule has 7 heteroatoms. The molecule has 7 nitrogen and oxygen atoms in total. The topological polar surface area (TPSA) is 79.3 Å². The highest BCUT2D eigenvalue weighted by Gasteiger charge is 2.46. The zero-order valence-electron chi connectivity index (χ0n) is 19.7. The second-order valence-corrected chi connectivity index (χ2v) is 7.72. The number of benzene rings is 2. The third-order valence-electron chi connectivity index (χ3n) is 5.96. The summed E-state index contributed by atoms with van der Waals surface area (Å²) < 4.78 is 11.0. The maximum Gasteiger partial charge on any atom is 0.295 e. The third kappa shape index (κ3) is 5.03. The van der Waals surface area contributed by atoms with Crippen molar-refractivity contribution < 1.29 is 24.2 Å². The van der Waals surface area contributed by atoms with Crippen LogP contribution in [0, 0.1) is 0 Å². The minimum Gasteiger partial charge on any atom is -0.507 e. The number of carbonyl (C=O) groups is 2. The van der Waals surface area contributed by atoms with E-state index in [9.17, 15) is 14.7 Å². The molecule has 0 aliphatic carbocycles. The van der Waals surface area contributed by atoms with Crippen molar-refractivity contribution in [3.8, 4) is 11.5 Å². The van der Waals surface area contributed by atoms with Crippen LogP contribution in [0.4, 0.5) is 0 Å². The van der Waals surface area contributed by atoms with Crippen molar-refractivity contribution in [1.29, 1.82) is 0 Å². The number of aliphatic hydroxyl groups is 1. The molecule has 1 N–H and O–H groups in total. The van der Waals surface area contributed by atoms with Gasteiger partial charge < -0.3 is 24.4 Å². The molecule has 1 atom stereocenters. The van der Waals surface area contributed by atoms with Crippen LogP contribution in [-0.2, 0) is 9.59 Å². The van der Waals surface area contributed by atoms with Gasteiger partial charge in [-0.1, -0.05) is 32.0 Å². The molecule has 2 aromatic rings. The molecule has 1 heterocycles.